The van der Waals surface area contributed by atoms with Gasteiger partial charge in [-0.25, -0.2) is 4.72 Å². The molecule has 1 atom stereocenters. The van der Waals surface area contributed by atoms with Gasteiger partial charge in [0.15, 0.2) is 0 Å². The smallest absolute Gasteiger partial charge is 0.143 e. The standard InChI is InChI=1S/C30H46N4O4S/c1-23(8-7-15-33-29-12-11-28(19-30(29)38-5)39(36,37)32-4)18-27(20-31)25(3)9-6-10-26-13-16-34(17-14-26)21-24(2)22-35/h6,9-12,18-20,24,26,32-33,35-37H,13-17,21-22,31H2,1-5H3/b10-6-,23-18+,25-9-,27-20+. The van der Waals surface area contributed by atoms with Crippen LogP contribution < -0.4 is 20.5 Å². The van der Waals surface area contributed by atoms with Crippen molar-refractivity contribution in [1.29, 1.82) is 0 Å². The van der Waals surface area contributed by atoms with Crippen LogP contribution in [0.5, 0.6) is 5.75 Å². The van der Waals surface area contributed by atoms with Crippen LogP contribution in [0.2, 0.25) is 0 Å². The zero-order chi connectivity index (χ0) is 28.8. The number of nitrogens with one attached hydrogen (secondary N) is 2. The lowest BCUT2D eigenvalue weighted by Gasteiger charge is -2.32. The summed E-state index contributed by atoms with van der Waals surface area (Å²) < 4.78 is 28.0. The summed E-state index contributed by atoms with van der Waals surface area (Å²) in [5.74, 6) is 7.65. The average molecular weight is 559 g/mol. The quantitative estimate of drug-likeness (QED) is 0.157. The van der Waals surface area contributed by atoms with E-state index in [-0.39, 0.29) is 6.61 Å². The fraction of sp³-hybridized carbons (Fsp3) is 0.467. The van der Waals surface area contributed by atoms with Crippen molar-refractivity contribution in [3.8, 4) is 17.6 Å². The first kappa shape index (κ1) is 32.5. The molecule has 1 aromatic carbocycles. The van der Waals surface area contributed by atoms with Crippen LogP contribution in [-0.2, 0) is 0 Å². The Morgan fingerprint density at radius 3 is 2.62 bits per heavy atom. The van der Waals surface area contributed by atoms with Crippen molar-refractivity contribution < 1.29 is 18.9 Å². The lowest BCUT2D eigenvalue weighted by molar-refractivity contribution is 0.144. The van der Waals surface area contributed by atoms with E-state index < -0.39 is 10.8 Å². The number of piperidine rings is 1. The van der Waals surface area contributed by atoms with Crippen molar-refractivity contribution in [3.05, 3.63) is 65.4 Å². The van der Waals surface area contributed by atoms with Gasteiger partial charge in [-0.1, -0.05) is 37.0 Å². The Hall–Kier alpha value is -2.71. The maximum absolute atomic E-state index is 10.1. The first-order valence-corrected chi connectivity index (χ1v) is 14.8. The van der Waals surface area contributed by atoms with Gasteiger partial charge < -0.3 is 25.8 Å². The first-order chi connectivity index (χ1) is 18.6. The van der Waals surface area contributed by atoms with Gasteiger partial charge in [-0.15, -0.1) is 10.8 Å². The molecule has 2 rings (SSSR count). The summed E-state index contributed by atoms with van der Waals surface area (Å²) in [5, 5.41) is 12.5. The molecule has 0 spiro atoms. The Kier molecular flexibility index (Phi) is 13.7. The summed E-state index contributed by atoms with van der Waals surface area (Å²) >= 11 is 0. The van der Waals surface area contributed by atoms with Crippen molar-refractivity contribution in [3.63, 3.8) is 0 Å². The fourth-order valence-corrected chi connectivity index (χ4v) is 5.04. The Morgan fingerprint density at radius 1 is 1.28 bits per heavy atom. The molecule has 0 saturated carbocycles. The molecule has 1 unspecified atom stereocenters. The second-order valence-corrected chi connectivity index (χ2v) is 11.9. The topological polar surface area (TPSA) is 123 Å². The van der Waals surface area contributed by atoms with Gasteiger partial charge in [-0.05, 0) is 86.5 Å². The number of rotatable bonds is 12. The highest BCUT2D eigenvalue weighted by Gasteiger charge is 2.18. The van der Waals surface area contributed by atoms with Crippen molar-refractivity contribution in [1.82, 2.24) is 9.62 Å². The molecule has 1 heterocycles. The number of aliphatic hydroxyl groups is 1. The normalized spacial score (nSPS) is 17.6. The average Bonchev–Trinajstić information content (AvgIpc) is 2.94. The number of likely N-dealkylation sites (tertiary alicyclic amines) is 1. The van der Waals surface area contributed by atoms with Crippen LogP contribution in [0.15, 0.2) is 70.3 Å². The largest absolute Gasteiger partial charge is 0.495 e. The Bertz CT molecular complexity index is 1110. The van der Waals surface area contributed by atoms with E-state index in [9.17, 15) is 14.2 Å². The molecule has 1 aliphatic rings. The van der Waals surface area contributed by atoms with Gasteiger partial charge in [0.1, 0.15) is 5.75 Å². The molecule has 1 fully saturated rings. The Balaban J connectivity index is 1.91. The lowest BCUT2D eigenvalue weighted by atomic mass is 9.95. The van der Waals surface area contributed by atoms with Crippen LogP contribution in [0.25, 0.3) is 0 Å². The SMILES string of the molecule is CNS(O)(O)c1ccc(NCC#C/C(C)=C/C(=C\N)C(/C)=C\C=C/C2CCN(CC(C)CO)CC2)c(OC)c1. The third-order valence-electron chi connectivity index (χ3n) is 6.69. The zero-order valence-corrected chi connectivity index (χ0v) is 24.7. The van der Waals surface area contributed by atoms with Crippen molar-refractivity contribution in [2.75, 3.05) is 52.3 Å². The number of hydrogen-bond donors (Lipinski definition) is 6. The molecule has 216 valence electrons. The van der Waals surface area contributed by atoms with Gasteiger partial charge in [0, 0.05) is 32.5 Å². The summed E-state index contributed by atoms with van der Waals surface area (Å²) in [7, 11) is -0.0265. The number of ether oxygens (including phenoxy) is 1. The third kappa shape index (κ3) is 10.8. The van der Waals surface area contributed by atoms with Crippen molar-refractivity contribution in [2.45, 2.75) is 38.5 Å². The van der Waals surface area contributed by atoms with Crippen LogP contribution in [0, 0.1) is 23.7 Å². The highest BCUT2D eigenvalue weighted by molar-refractivity contribution is 8.22. The van der Waals surface area contributed by atoms with Crippen LogP contribution in [-0.4, -0.2) is 66.1 Å². The Morgan fingerprint density at radius 2 is 2.00 bits per heavy atom. The van der Waals surface area contributed by atoms with Gasteiger partial charge in [0.25, 0.3) is 0 Å². The molecule has 9 heteroatoms. The summed E-state index contributed by atoms with van der Waals surface area (Å²) in [6.45, 7) is 9.83. The van der Waals surface area contributed by atoms with E-state index in [2.05, 4.69) is 51.9 Å². The number of aliphatic hydroxyl groups excluding tert-OH is 1. The number of anilines is 1. The summed E-state index contributed by atoms with van der Waals surface area (Å²) in [4.78, 5) is 2.80. The molecule has 39 heavy (non-hydrogen) atoms. The zero-order valence-electron chi connectivity index (χ0n) is 23.9. The van der Waals surface area contributed by atoms with E-state index in [1.54, 1.807) is 24.4 Å². The number of nitrogens with zero attached hydrogens (tertiary/aromatic N) is 1. The number of methoxy groups -OCH3 is 1. The Labute approximate surface area is 236 Å². The molecule has 0 aromatic heterocycles. The van der Waals surface area contributed by atoms with E-state index in [1.807, 2.05) is 19.9 Å². The van der Waals surface area contributed by atoms with E-state index in [1.165, 1.54) is 14.2 Å². The maximum atomic E-state index is 10.1. The lowest BCUT2D eigenvalue weighted by Crippen LogP contribution is -2.36. The minimum atomic E-state index is -3.05. The van der Waals surface area contributed by atoms with E-state index in [4.69, 9.17) is 10.5 Å². The molecular weight excluding hydrogens is 512 g/mol. The predicted octanol–water partition coefficient (Wildman–Crippen LogP) is 4.99. The molecule has 8 nitrogen and oxygen atoms in total. The molecule has 7 N–H and O–H groups in total. The van der Waals surface area contributed by atoms with Crippen LogP contribution >= 0.6 is 10.8 Å². The summed E-state index contributed by atoms with van der Waals surface area (Å²) in [5.41, 5.74) is 9.50. The minimum absolute atomic E-state index is 0.248. The van der Waals surface area contributed by atoms with Crippen LogP contribution in [0.1, 0.15) is 33.6 Å². The summed E-state index contributed by atoms with van der Waals surface area (Å²) in [6, 6.07) is 4.97. The number of allylic oxidation sites excluding steroid dienone is 7. The molecule has 0 amide bonds. The molecule has 1 saturated heterocycles. The first-order valence-electron chi connectivity index (χ1n) is 13.3. The van der Waals surface area contributed by atoms with Gasteiger partial charge >= 0.3 is 0 Å². The second kappa shape index (κ2) is 16.4. The van der Waals surface area contributed by atoms with Crippen molar-refractivity contribution in [2.24, 2.45) is 17.6 Å². The van der Waals surface area contributed by atoms with Crippen LogP contribution in [0.4, 0.5) is 5.69 Å². The van der Waals surface area contributed by atoms with Gasteiger partial charge in [-0.3, -0.25) is 9.11 Å². The predicted molar refractivity (Wildman–Crippen MR) is 164 cm³/mol. The number of hydrogen-bond acceptors (Lipinski definition) is 8. The molecule has 1 aliphatic heterocycles. The molecule has 1 aromatic rings. The van der Waals surface area contributed by atoms with Gasteiger partial charge in [0.2, 0.25) is 0 Å². The maximum Gasteiger partial charge on any atom is 0.143 e. The van der Waals surface area contributed by atoms with Crippen molar-refractivity contribution >= 4 is 16.5 Å². The molecule has 0 bridgehead atoms. The molecule has 0 radical (unpaired) electrons. The second-order valence-electron chi connectivity index (χ2n) is 9.88. The van der Waals surface area contributed by atoms with E-state index in [0.717, 1.165) is 49.2 Å². The molecule has 0 aliphatic carbocycles. The monoisotopic (exact) mass is 558 g/mol. The minimum Gasteiger partial charge on any atom is -0.495 e. The van der Waals surface area contributed by atoms with Gasteiger partial charge in [-0.2, -0.15) is 0 Å². The fourth-order valence-electron chi connectivity index (χ4n) is 4.28. The van der Waals surface area contributed by atoms with E-state index in [0.29, 0.717) is 34.7 Å². The highest BCUT2D eigenvalue weighted by Crippen LogP contribution is 2.45. The van der Waals surface area contributed by atoms with Gasteiger partial charge in [0.05, 0.1) is 24.2 Å². The summed E-state index contributed by atoms with van der Waals surface area (Å²) in [6.07, 6.45) is 12.4. The third-order valence-corrected chi connectivity index (χ3v) is 8.17. The van der Waals surface area contributed by atoms with E-state index >= 15 is 0 Å². The highest BCUT2D eigenvalue weighted by atomic mass is 32.3. The number of nitrogens with two attached hydrogens (primary N) is 1. The number of benzene rings is 1. The molecular formula is C30H46N4O4S. The van der Waals surface area contributed by atoms with Crippen LogP contribution in [0.3, 0.4) is 0 Å².